The number of Topliss-reactive ketones (excluding diaryl/α,β-unsaturated/α-hetero) is 1. The molecule has 0 saturated heterocycles. The maximum atomic E-state index is 12.9. The van der Waals surface area contributed by atoms with Crippen LogP contribution in [-0.2, 0) is 16.6 Å². The lowest BCUT2D eigenvalue weighted by atomic mass is 9.52. The van der Waals surface area contributed by atoms with Crippen molar-refractivity contribution in [1.29, 1.82) is 0 Å². The van der Waals surface area contributed by atoms with Crippen LogP contribution in [0.2, 0.25) is 0 Å². The number of allylic oxidation sites excluding steroid dienone is 1. The van der Waals surface area contributed by atoms with Crippen LogP contribution in [0.1, 0.15) is 36.6 Å². The van der Waals surface area contributed by atoms with Gasteiger partial charge in [0, 0.05) is 41.1 Å². The Morgan fingerprint density at radius 3 is 2.70 bits per heavy atom. The van der Waals surface area contributed by atoms with Gasteiger partial charge in [-0.25, -0.2) is 9.97 Å². The molecule has 0 radical (unpaired) electrons. The summed E-state index contributed by atoms with van der Waals surface area (Å²) in [6.07, 6.45) is 8.60. The van der Waals surface area contributed by atoms with Crippen molar-refractivity contribution in [3.63, 3.8) is 0 Å². The molecule has 5 nitrogen and oxygen atoms in total. The SMILES string of the molecule is C[C@@H]1C(=O)C(=CO)C[C@]2(c3ccccc3)c3nc(-c4cccnc4)ncc3CC[C@@H]12. The molecule has 0 amide bonds. The molecule has 150 valence electrons. The molecule has 2 aliphatic carbocycles. The zero-order valence-corrected chi connectivity index (χ0v) is 16.8. The minimum Gasteiger partial charge on any atom is -0.515 e. The predicted octanol–water partition coefficient (Wildman–Crippen LogP) is 4.44. The molecule has 30 heavy (non-hydrogen) atoms. The quantitative estimate of drug-likeness (QED) is 0.511. The normalized spacial score (nSPS) is 26.8. The van der Waals surface area contributed by atoms with Crippen LogP contribution in [0, 0.1) is 11.8 Å². The number of aromatic nitrogens is 3. The average Bonchev–Trinajstić information content (AvgIpc) is 2.82. The van der Waals surface area contributed by atoms with Crippen LogP contribution >= 0.6 is 0 Å². The van der Waals surface area contributed by atoms with E-state index in [1.165, 1.54) is 0 Å². The molecule has 3 aromatic rings. The van der Waals surface area contributed by atoms with Crippen LogP contribution in [0.4, 0.5) is 0 Å². The molecule has 0 aliphatic heterocycles. The van der Waals surface area contributed by atoms with Gasteiger partial charge in [0.1, 0.15) is 0 Å². The maximum Gasteiger partial charge on any atom is 0.165 e. The van der Waals surface area contributed by atoms with Gasteiger partial charge in [0.15, 0.2) is 11.6 Å². The van der Waals surface area contributed by atoms with E-state index in [4.69, 9.17) is 4.98 Å². The van der Waals surface area contributed by atoms with Gasteiger partial charge >= 0.3 is 0 Å². The summed E-state index contributed by atoms with van der Waals surface area (Å²) in [5.41, 5.74) is 4.07. The molecule has 0 spiro atoms. The Morgan fingerprint density at radius 2 is 1.97 bits per heavy atom. The Morgan fingerprint density at radius 1 is 1.13 bits per heavy atom. The first-order valence-electron chi connectivity index (χ1n) is 10.3. The van der Waals surface area contributed by atoms with Crippen LogP contribution in [0.15, 0.2) is 72.9 Å². The number of aliphatic hydroxyl groups excluding tert-OH is 1. The highest BCUT2D eigenvalue weighted by atomic mass is 16.2. The summed E-state index contributed by atoms with van der Waals surface area (Å²) < 4.78 is 0. The van der Waals surface area contributed by atoms with Gasteiger partial charge in [0.25, 0.3) is 0 Å². The second kappa shape index (κ2) is 7.17. The van der Waals surface area contributed by atoms with Gasteiger partial charge in [0.2, 0.25) is 0 Å². The zero-order chi connectivity index (χ0) is 20.7. The van der Waals surface area contributed by atoms with Gasteiger partial charge in [-0.2, -0.15) is 0 Å². The molecule has 0 unspecified atom stereocenters. The molecule has 0 bridgehead atoms. The predicted molar refractivity (Wildman–Crippen MR) is 114 cm³/mol. The third kappa shape index (κ3) is 2.69. The van der Waals surface area contributed by atoms with Crippen molar-refractivity contribution in [2.24, 2.45) is 11.8 Å². The second-order valence-electron chi connectivity index (χ2n) is 8.28. The van der Waals surface area contributed by atoms with Crippen molar-refractivity contribution < 1.29 is 9.90 Å². The average molecular weight is 397 g/mol. The van der Waals surface area contributed by atoms with Gasteiger partial charge in [-0.05, 0) is 48.4 Å². The first-order chi connectivity index (χ1) is 14.6. The highest BCUT2D eigenvalue weighted by molar-refractivity contribution is 5.98. The Hall–Kier alpha value is -3.34. The summed E-state index contributed by atoms with van der Waals surface area (Å²) in [6.45, 7) is 1.99. The molecular weight excluding hydrogens is 374 g/mol. The molecule has 2 aromatic heterocycles. The lowest BCUT2D eigenvalue weighted by molar-refractivity contribution is -0.123. The molecule has 2 heterocycles. The lowest BCUT2D eigenvalue weighted by Crippen LogP contribution is -2.51. The van der Waals surface area contributed by atoms with Gasteiger partial charge in [-0.15, -0.1) is 0 Å². The molecular formula is C25H23N3O2. The molecule has 1 N–H and O–H groups in total. The van der Waals surface area contributed by atoms with Crippen molar-refractivity contribution in [2.45, 2.75) is 31.6 Å². The number of aryl methyl sites for hydroxylation is 1. The van der Waals surface area contributed by atoms with E-state index in [9.17, 15) is 9.90 Å². The molecule has 1 fully saturated rings. The fourth-order valence-corrected chi connectivity index (χ4v) is 5.40. The monoisotopic (exact) mass is 397 g/mol. The number of carbonyl (C=O) groups is 1. The zero-order valence-electron chi connectivity index (χ0n) is 16.8. The highest BCUT2D eigenvalue weighted by Crippen LogP contribution is 2.55. The number of fused-ring (bicyclic) bond motifs is 3. The number of aliphatic hydroxyl groups is 1. The van der Waals surface area contributed by atoms with Crippen molar-refractivity contribution in [3.8, 4) is 11.4 Å². The molecule has 2 aliphatic rings. The minimum atomic E-state index is -0.476. The van der Waals surface area contributed by atoms with E-state index in [1.54, 1.807) is 12.4 Å². The van der Waals surface area contributed by atoms with E-state index in [-0.39, 0.29) is 17.6 Å². The number of carbonyl (C=O) groups excluding carboxylic acids is 1. The summed E-state index contributed by atoms with van der Waals surface area (Å²) in [5, 5.41) is 9.89. The molecule has 3 atom stereocenters. The van der Waals surface area contributed by atoms with Crippen molar-refractivity contribution in [2.75, 3.05) is 0 Å². The van der Waals surface area contributed by atoms with Crippen LogP contribution in [0.5, 0.6) is 0 Å². The Kier molecular flexibility index (Phi) is 4.46. The van der Waals surface area contributed by atoms with Crippen LogP contribution in [0.25, 0.3) is 11.4 Å². The van der Waals surface area contributed by atoms with Gasteiger partial charge in [-0.3, -0.25) is 9.78 Å². The van der Waals surface area contributed by atoms with E-state index in [1.807, 2.05) is 43.5 Å². The van der Waals surface area contributed by atoms with E-state index < -0.39 is 5.41 Å². The summed E-state index contributed by atoms with van der Waals surface area (Å²) in [6, 6.07) is 14.1. The number of hydrogen-bond acceptors (Lipinski definition) is 5. The molecule has 1 aromatic carbocycles. The third-order valence-corrected chi connectivity index (χ3v) is 6.81. The summed E-state index contributed by atoms with van der Waals surface area (Å²) in [5.74, 6) is 0.596. The van der Waals surface area contributed by atoms with Gasteiger partial charge < -0.3 is 5.11 Å². The van der Waals surface area contributed by atoms with Crippen LogP contribution < -0.4 is 0 Å². The van der Waals surface area contributed by atoms with E-state index >= 15 is 0 Å². The topological polar surface area (TPSA) is 76.0 Å². The largest absolute Gasteiger partial charge is 0.515 e. The highest BCUT2D eigenvalue weighted by Gasteiger charge is 2.54. The molecule has 5 rings (SSSR count). The van der Waals surface area contributed by atoms with E-state index in [0.29, 0.717) is 17.8 Å². The standard InChI is InChI=1S/C25H23N3O2/c1-16-21-10-9-17-14-27-24(18-6-5-11-26-13-18)28-23(17)25(21,12-19(15-29)22(16)30)20-7-3-2-4-8-20/h2-8,11,13-16,21,29H,9-10,12H2,1H3/t16-,21-,25+/m0/s1. The molecule has 5 heteroatoms. The number of nitrogens with zero attached hydrogens (tertiary/aromatic N) is 3. The number of ketones is 1. The van der Waals surface area contributed by atoms with E-state index in [2.05, 4.69) is 22.1 Å². The van der Waals surface area contributed by atoms with E-state index in [0.717, 1.165) is 41.5 Å². The van der Waals surface area contributed by atoms with Crippen molar-refractivity contribution in [1.82, 2.24) is 15.0 Å². The fourth-order valence-electron chi connectivity index (χ4n) is 5.40. The lowest BCUT2D eigenvalue weighted by Gasteiger charge is -2.50. The Balaban J connectivity index is 1.78. The Bertz CT molecular complexity index is 1130. The van der Waals surface area contributed by atoms with Crippen LogP contribution in [-0.4, -0.2) is 25.8 Å². The first-order valence-corrected chi connectivity index (χ1v) is 10.3. The number of hydrogen-bond donors (Lipinski definition) is 1. The second-order valence-corrected chi connectivity index (χ2v) is 8.28. The summed E-state index contributed by atoms with van der Waals surface area (Å²) in [7, 11) is 0. The summed E-state index contributed by atoms with van der Waals surface area (Å²) in [4.78, 5) is 26.8. The summed E-state index contributed by atoms with van der Waals surface area (Å²) >= 11 is 0. The number of rotatable bonds is 2. The number of pyridine rings is 1. The van der Waals surface area contributed by atoms with Gasteiger partial charge in [0.05, 0.1) is 12.0 Å². The van der Waals surface area contributed by atoms with Crippen molar-refractivity contribution in [3.05, 3.63) is 89.7 Å². The fraction of sp³-hybridized carbons (Fsp3) is 0.280. The minimum absolute atomic E-state index is 0.0408. The Labute approximate surface area is 175 Å². The number of benzene rings is 1. The van der Waals surface area contributed by atoms with Crippen LogP contribution in [0.3, 0.4) is 0 Å². The maximum absolute atomic E-state index is 12.9. The van der Waals surface area contributed by atoms with Gasteiger partial charge in [-0.1, -0.05) is 37.3 Å². The molecule has 1 saturated carbocycles. The smallest absolute Gasteiger partial charge is 0.165 e. The first kappa shape index (κ1) is 18.7. The third-order valence-electron chi connectivity index (χ3n) is 6.81. The van der Waals surface area contributed by atoms with Crippen molar-refractivity contribution >= 4 is 5.78 Å².